The Kier molecular flexibility index (Phi) is 15.6. The summed E-state index contributed by atoms with van der Waals surface area (Å²) in [5, 5.41) is 12.0. The van der Waals surface area contributed by atoms with Crippen molar-refractivity contribution >= 4 is 17.6 Å². The number of benzene rings is 2. The lowest BCUT2D eigenvalue weighted by Gasteiger charge is -2.15. The number of amides is 1. The van der Waals surface area contributed by atoms with Crippen molar-refractivity contribution in [3.05, 3.63) is 54.6 Å². The van der Waals surface area contributed by atoms with Crippen molar-refractivity contribution in [2.24, 2.45) is 0 Å². The molecule has 6 nitrogen and oxygen atoms in total. The molecule has 1 amide bonds. The predicted octanol–water partition coefficient (Wildman–Crippen LogP) is 8.02. The van der Waals surface area contributed by atoms with Crippen LogP contribution >= 0.6 is 0 Å². The molecule has 2 N–H and O–H groups in total. The van der Waals surface area contributed by atoms with Crippen LogP contribution in [0.3, 0.4) is 0 Å². The first-order chi connectivity index (χ1) is 18.1. The lowest BCUT2D eigenvalue weighted by atomic mass is 10.0. The number of aliphatic carboxylic acids is 1. The van der Waals surface area contributed by atoms with Crippen molar-refractivity contribution in [2.45, 2.75) is 103 Å². The maximum Gasteiger partial charge on any atom is 0.354 e. The first kappa shape index (κ1) is 30.2. The first-order valence-electron chi connectivity index (χ1n) is 14.1. The average Bonchev–Trinajstić information content (AvgIpc) is 2.90. The first-order valence-corrected chi connectivity index (χ1v) is 14.1. The zero-order valence-corrected chi connectivity index (χ0v) is 22.5. The molecule has 2 aromatic carbocycles. The minimum Gasteiger partial charge on any atom is -0.494 e. The van der Waals surface area contributed by atoms with Gasteiger partial charge in [-0.15, -0.1) is 0 Å². The van der Waals surface area contributed by atoms with Crippen LogP contribution in [0.5, 0.6) is 11.5 Å². The van der Waals surface area contributed by atoms with Gasteiger partial charge < -0.3 is 19.9 Å². The Balaban J connectivity index is 1.57. The van der Waals surface area contributed by atoms with E-state index >= 15 is 0 Å². The van der Waals surface area contributed by atoms with Crippen LogP contribution in [-0.2, 0) is 9.59 Å². The highest BCUT2D eigenvalue weighted by atomic mass is 16.5. The summed E-state index contributed by atoms with van der Waals surface area (Å²) in [4.78, 5) is 24.1. The van der Waals surface area contributed by atoms with Gasteiger partial charge in [-0.25, -0.2) is 4.79 Å². The van der Waals surface area contributed by atoms with E-state index in [9.17, 15) is 14.7 Å². The molecule has 0 aliphatic carbocycles. The Morgan fingerprint density at radius 2 is 1.27 bits per heavy atom. The highest BCUT2D eigenvalue weighted by Gasteiger charge is 2.28. The summed E-state index contributed by atoms with van der Waals surface area (Å²) >= 11 is 0. The Hall–Kier alpha value is -3.02. The fourth-order valence-electron chi connectivity index (χ4n) is 4.21. The maximum atomic E-state index is 12.5. The molecular weight excluding hydrogens is 466 g/mol. The molecule has 0 radical (unpaired) electrons. The van der Waals surface area contributed by atoms with E-state index in [0.717, 1.165) is 12.8 Å². The van der Waals surface area contributed by atoms with Gasteiger partial charge in [0, 0.05) is 11.8 Å². The summed E-state index contributed by atoms with van der Waals surface area (Å²) in [5.41, 5.74) is 0.464. The number of carbonyl (C=O) groups is 2. The lowest BCUT2D eigenvalue weighted by Crippen LogP contribution is -2.39. The van der Waals surface area contributed by atoms with E-state index < -0.39 is 18.0 Å². The lowest BCUT2D eigenvalue weighted by molar-refractivity contribution is -0.149. The number of carboxylic acids is 1. The highest BCUT2D eigenvalue weighted by Crippen LogP contribution is 2.19. The normalized spacial score (nSPS) is 11.6. The van der Waals surface area contributed by atoms with Gasteiger partial charge in [0.05, 0.1) is 6.61 Å². The molecule has 1 atom stereocenters. The van der Waals surface area contributed by atoms with Gasteiger partial charge in [-0.1, -0.05) is 115 Å². The van der Waals surface area contributed by atoms with Crippen molar-refractivity contribution in [3.63, 3.8) is 0 Å². The number of carbonyl (C=O) groups excluding carboxylic acids is 1. The molecule has 2 aromatic rings. The van der Waals surface area contributed by atoms with Gasteiger partial charge in [-0.3, -0.25) is 4.79 Å². The molecule has 0 saturated carbocycles. The molecule has 0 spiro atoms. The molecule has 37 heavy (non-hydrogen) atoms. The van der Waals surface area contributed by atoms with E-state index in [1.807, 2.05) is 6.07 Å². The predicted molar refractivity (Wildman–Crippen MR) is 149 cm³/mol. The Morgan fingerprint density at radius 1 is 0.730 bits per heavy atom. The molecule has 0 fully saturated rings. The van der Waals surface area contributed by atoms with Gasteiger partial charge in [0.1, 0.15) is 11.5 Å². The van der Waals surface area contributed by atoms with E-state index in [2.05, 4.69) is 12.2 Å². The standard InChI is InChI=1S/C31H45NO5/c1-2-3-4-5-6-7-8-9-10-11-12-13-14-18-24-36-28-23-19-20-26(25-28)32-30(33)29(31(34)35)37-27-21-16-15-17-22-27/h15-17,19-23,25,29H,2-14,18,24H2,1H3,(H,32,33)(H,34,35). The fraction of sp³-hybridized carbons (Fsp3) is 0.548. The van der Waals surface area contributed by atoms with Crippen LogP contribution < -0.4 is 14.8 Å². The zero-order valence-electron chi connectivity index (χ0n) is 22.5. The number of rotatable bonds is 21. The summed E-state index contributed by atoms with van der Waals surface area (Å²) in [6.07, 6.45) is 16.7. The topological polar surface area (TPSA) is 84.9 Å². The van der Waals surface area contributed by atoms with Gasteiger partial charge >= 0.3 is 5.97 Å². The fourth-order valence-corrected chi connectivity index (χ4v) is 4.21. The summed E-state index contributed by atoms with van der Waals surface area (Å²) in [7, 11) is 0. The molecule has 1 unspecified atom stereocenters. The SMILES string of the molecule is CCCCCCCCCCCCCCCCOc1cccc(NC(=O)C(Oc2ccccc2)C(=O)O)c1. The summed E-state index contributed by atoms with van der Waals surface area (Å²) in [6, 6.07) is 15.4. The van der Waals surface area contributed by atoms with Crippen molar-refractivity contribution < 1.29 is 24.2 Å². The van der Waals surface area contributed by atoms with Crippen LogP contribution in [0.2, 0.25) is 0 Å². The summed E-state index contributed by atoms with van der Waals surface area (Å²) < 4.78 is 11.2. The second-order valence-electron chi connectivity index (χ2n) is 9.61. The van der Waals surface area contributed by atoms with E-state index in [4.69, 9.17) is 9.47 Å². The molecule has 0 bridgehead atoms. The molecule has 2 rings (SSSR count). The minimum absolute atomic E-state index is 0.315. The maximum absolute atomic E-state index is 12.5. The van der Waals surface area contributed by atoms with Crippen LogP contribution in [0.1, 0.15) is 96.8 Å². The number of hydrogen-bond acceptors (Lipinski definition) is 4. The molecule has 0 aliphatic heterocycles. The number of carboxylic acid groups (broad SMARTS) is 1. The molecular formula is C31H45NO5. The van der Waals surface area contributed by atoms with Crippen molar-refractivity contribution in [2.75, 3.05) is 11.9 Å². The van der Waals surface area contributed by atoms with Gasteiger partial charge in [0.15, 0.2) is 0 Å². The van der Waals surface area contributed by atoms with Gasteiger partial charge in [0.25, 0.3) is 12.0 Å². The summed E-state index contributed by atoms with van der Waals surface area (Å²) in [6.45, 7) is 2.88. The molecule has 0 aromatic heterocycles. The average molecular weight is 512 g/mol. The van der Waals surface area contributed by atoms with Gasteiger partial charge in [0.2, 0.25) is 0 Å². The Labute approximate surface area is 222 Å². The van der Waals surface area contributed by atoms with E-state index in [-0.39, 0.29) is 0 Å². The number of unbranched alkanes of at least 4 members (excludes halogenated alkanes) is 13. The zero-order chi connectivity index (χ0) is 26.6. The number of nitrogens with one attached hydrogen (secondary N) is 1. The van der Waals surface area contributed by atoms with Gasteiger partial charge in [-0.2, -0.15) is 0 Å². The smallest absolute Gasteiger partial charge is 0.354 e. The van der Waals surface area contributed by atoms with Crippen LogP contribution in [-0.4, -0.2) is 29.7 Å². The minimum atomic E-state index is -1.65. The third-order valence-electron chi connectivity index (χ3n) is 6.33. The number of hydrogen-bond donors (Lipinski definition) is 2. The highest BCUT2D eigenvalue weighted by molar-refractivity contribution is 6.07. The Morgan fingerprint density at radius 3 is 1.84 bits per heavy atom. The molecule has 0 heterocycles. The number of anilines is 1. The Bertz CT molecular complexity index is 886. The van der Waals surface area contributed by atoms with Crippen LogP contribution in [0.25, 0.3) is 0 Å². The molecule has 0 aliphatic rings. The third kappa shape index (κ3) is 13.7. The van der Waals surface area contributed by atoms with E-state index in [1.165, 1.54) is 77.0 Å². The molecule has 204 valence electrons. The largest absolute Gasteiger partial charge is 0.494 e. The third-order valence-corrected chi connectivity index (χ3v) is 6.33. The second-order valence-corrected chi connectivity index (χ2v) is 9.61. The monoisotopic (exact) mass is 511 g/mol. The van der Waals surface area contributed by atoms with Crippen LogP contribution in [0, 0.1) is 0 Å². The number of ether oxygens (including phenoxy) is 2. The quantitative estimate of drug-likeness (QED) is 0.131. The van der Waals surface area contributed by atoms with Crippen LogP contribution in [0.4, 0.5) is 5.69 Å². The molecule has 0 saturated heterocycles. The van der Waals surface area contributed by atoms with Crippen molar-refractivity contribution in [3.8, 4) is 11.5 Å². The van der Waals surface area contributed by atoms with E-state index in [1.54, 1.807) is 48.5 Å². The van der Waals surface area contributed by atoms with Crippen molar-refractivity contribution in [1.29, 1.82) is 0 Å². The van der Waals surface area contributed by atoms with E-state index in [0.29, 0.717) is 23.8 Å². The summed E-state index contributed by atoms with van der Waals surface area (Å²) in [5.74, 6) is -1.15. The second kappa shape index (κ2) is 19.1. The number of para-hydroxylation sites is 1. The van der Waals surface area contributed by atoms with Crippen molar-refractivity contribution in [1.82, 2.24) is 0 Å². The molecule has 6 heteroatoms. The van der Waals surface area contributed by atoms with Gasteiger partial charge in [-0.05, 0) is 30.7 Å². The van der Waals surface area contributed by atoms with Crippen LogP contribution in [0.15, 0.2) is 54.6 Å².